The molecule has 0 spiro atoms. The lowest BCUT2D eigenvalue weighted by atomic mass is 10.1. The fourth-order valence-electron chi connectivity index (χ4n) is 2.64. The number of hydrogen-bond donors (Lipinski definition) is 0. The zero-order valence-corrected chi connectivity index (χ0v) is 22.9. The van der Waals surface area contributed by atoms with E-state index in [9.17, 15) is 14.4 Å². The minimum absolute atomic E-state index is 0. The molecule has 8 nitrogen and oxygen atoms in total. The molecule has 0 aromatic carbocycles. The summed E-state index contributed by atoms with van der Waals surface area (Å²) in [5.74, 6) is 0.305. The molecule has 0 rings (SSSR count). The van der Waals surface area contributed by atoms with Gasteiger partial charge in [-0.2, -0.15) is 0 Å². The summed E-state index contributed by atoms with van der Waals surface area (Å²) in [5, 5.41) is 0. The molecule has 0 N–H and O–H groups in total. The van der Waals surface area contributed by atoms with Crippen LogP contribution in [0.4, 0.5) is 0 Å². The van der Waals surface area contributed by atoms with E-state index in [4.69, 9.17) is 23.7 Å². The van der Waals surface area contributed by atoms with Crippen molar-refractivity contribution in [3.8, 4) is 0 Å². The van der Waals surface area contributed by atoms with Crippen LogP contribution in [0, 0.1) is 0 Å². The lowest BCUT2D eigenvalue weighted by Crippen LogP contribution is -2.10. The van der Waals surface area contributed by atoms with Gasteiger partial charge in [0.2, 0.25) is 0 Å². The minimum Gasteiger partial charge on any atom is -0.379 e. The predicted molar refractivity (Wildman–Crippen MR) is 145 cm³/mol. The molecule has 0 atom stereocenters. The summed E-state index contributed by atoms with van der Waals surface area (Å²) in [7, 11) is 0. The summed E-state index contributed by atoms with van der Waals surface area (Å²) in [5.41, 5.74) is 0. The van der Waals surface area contributed by atoms with Crippen LogP contribution in [0.15, 0.2) is 0 Å². The van der Waals surface area contributed by atoms with E-state index >= 15 is 0 Å². The van der Waals surface area contributed by atoms with E-state index in [1.807, 2.05) is 0 Å². The Bertz CT molecular complexity index is 482. The number of ketones is 3. The highest BCUT2D eigenvalue weighted by molar-refractivity contribution is 5.84. The third kappa shape index (κ3) is 40.0. The number of hydrogen-bond acceptors (Lipinski definition) is 8. The Morgan fingerprint density at radius 3 is 1.39 bits per heavy atom. The number of Topliss-reactive ketones (excluding diaryl/α,β-unsaturated/α-hetero) is 3. The third-order valence-corrected chi connectivity index (χ3v) is 4.71. The molecule has 0 saturated heterocycles. The quantitative estimate of drug-likeness (QED) is 0.140. The Hall–Kier alpha value is -1.19. The highest BCUT2D eigenvalue weighted by Crippen LogP contribution is 2.02. The smallest absolute Gasteiger partial charge is 0.155 e. The highest BCUT2D eigenvalue weighted by atomic mass is 16.5. The average Bonchev–Trinajstić information content (AvgIpc) is 2.82. The molecule has 0 heterocycles. The standard InChI is InChI=1S/C18H34O5.C9H18O3.CH4/c1-3-4-6-11-21-13-15-23-16-14-22-12-7-5-8-18(20)10-9-17(2)19;1-3-4-5-11-6-7-12-8-9(2)10;/h3-16H2,1-2H3;3-8H2,1-2H3;1H4. The van der Waals surface area contributed by atoms with E-state index in [1.165, 1.54) is 26.7 Å². The molecular weight excluding hydrogens is 464 g/mol. The van der Waals surface area contributed by atoms with E-state index in [0.29, 0.717) is 65.5 Å². The molecule has 0 bridgehead atoms. The second-order valence-electron chi connectivity index (χ2n) is 8.46. The summed E-state index contributed by atoms with van der Waals surface area (Å²) in [6.45, 7) is 13.3. The van der Waals surface area contributed by atoms with Gasteiger partial charge in [-0.05, 0) is 39.5 Å². The Kier molecular flexibility index (Phi) is 36.9. The number of unbranched alkanes of at least 4 members (excludes halogenated alkanes) is 4. The molecule has 0 aliphatic carbocycles. The van der Waals surface area contributed by atoms with Crippen LogP contribution in [0.3, 0.4) is 0 Å². The monoisotopic (exact) mass is 520 g/mol. The van der Waals surface area contributed by atoms with E-state index in [1.54, 1.807) is 0 Å². The molecule has 36 heavy (non-hydrogen) atoms. The van der Waals surface area contributed by atoms with Gasteiger partial charge in [-0.1, -0.05) is 40.5 Å². The van der Waals surface area contributed by atoms with Crippen LogP contribution < -0.4 is 0 Å². The fraction of sp³-hybridized carbons (Fsp3) is 0.893. The Balaban J connectivity index is -0.000000710. The Morgan fingerprint density at radius 2 is 0.917 bits per heavy atom. The molecule has 0 unspecified atom stereocenters. The lowest BCUT2D eigenvalue weighted by Gasteiger charge is -2.06. The maximum Gasteiger partial charge on any atom is 0.155 e. The highest BCUT2D eigenvalue weighted by Gasteiger charge is 2.03. The maximum atomic E-state index is 11.4. The van der Waals surface area contributed by atoms with Gasteiger partial charge >= 0.3 is 0 Å². The first-order chi connectivity index (χ1) is 16.9. The van der Waals surface area contributed by atoms with Gasteiger partial charge in [0.1, 0.15) is 18.2 Å². The van der Waals surface area contributed by atoms with E-state index in [0.717, 1.165) is 45.3 Å². The molecule has 216 valence electrons. The van der Waals surface area contributed by atoms with Crippen molar-refractivity contribution in [2.45, 2.75) is 99.3 Å². The summed E-state index contributed by atoms with van der Waals surface area (Å²) in [4.78, 5) is 32.6. The number of carbonyl (C=O) groups is 3. The first kappa shape index (κ1) is 39.3. The molecule has 0 amide bonds. The van der Waals surface area contributed by atoms with Crippen LogP contribution in [-0.4, -0.2) is 83.4 Å². The van der Waals surface area contributed by atoms with Gasteiger partial charge in [0, 0.05) is 39.1 Å². The van der Waals surface area contributed by atoms with Crippen molar-refractivity contribution in [1.29, 1.82) is 0 Å². The predicted octanol–water partition coefficient (Wildman–Crippen LogP) is 5.38. The molecule has 0 aliphatic heterocycles. The van der Waals surface area contributed by atoms with Crippen LogP contribution in [0.25, 0.3) is 0 Å². The van der Waals surface area contributed by atoms with Gasteiger partial charge in [0.05, 0.1) is 39.6 Å². The number of ether oxygens (including phenoxy) is 5. The van der Waals surface area contributed by atoms with E-state index < -0.39 is 0 Å². The van der Waals surface area contributed by atoms with Crippen LogP contribution >= 0.6 is 0 Å². The zero-order chi connectivity index (χ0) is 26.4. The summed E-state index contributed by atoms with van der Waals surface area (Å²) in [6.07, 6.45) is 8.77. The van der Waals surface area contributed by atoms with Crippen molar-refractivity contribution in [2.75, 3.05) is 66.1 Å². The van der Waals surface area contributed by atoms with Crippen molar-refractivity contribution in [3.63, 3.8) is 0 Å². The number of rotatable bonds is 26. The Labute approximate surface area is 221 Å². The second kappa shape index (κ2) is 33.8. The number of carbonyl (C=O) groups excluding carboxylic acids is 3. The van der Waals surface area contributed by atoms with Crippen molar-refractivity contribution >= 4 is 17.3 Å². The molecule has 0 aromatic heterocycles. The van der Waals surface area contributed by atoms with Gasteiger partial charge in [0.25, 0.3) is 0 Å². The van der Waals surface area contributed by atoms with Crippen LogP contribution in [-0.2, 0) is 38.1 Å². The lowest BCUT2D eigenvalue weighted by molar-refractivity contribution is -0.123. The van der Waals surface area contributed by atoms with Gasteiger partial charge < -0.3 is 28.5 Å². The van der Waals surface area contributed by atoms with Gasteiger partial charge in [0.15, 0.2) is 5.78 Å². The first-order valence-electron chi connectivity index (χ1n) is 13.3. The summed E-state index contributed by atoms with van der Waals surface area (Å²) in [6, 6.07) is 0. The van der Waals surface area contributed by atoms with Gasteiger partial charge in [-0.25, -0.2) is 0 Å². The van der Waals surface area contributed by atoms with Crippen molar-refractivity contribution in [1.82, 2.24) is 0 Å². The maximum absolute atomic E-state index is 11.4. The normalized spacial score (nSPS) is 10.3. The zero-order valence-electron chi connectivity index (χ0n) is 22.9. The van der Waals surface area contributed by atoms with Crippen molar-refractivity contribution in [3.05, 3.63) is 0 Å². The first-order valence-corrected chi connectivity index (χ1v) is 13.3. The third-order valence-electron chi connectivity index (χ3n) is 4.71. The van der Waals surface area contributed by atoms with Gasteiger partial charge in [-0.3, -0.25) is 9.59 Å². The van der Waals surface area contributed by atoms with Gasteiger partial charge in [-0.15, -0.1) is 0 Å². The van der Waals surface area contributed by atoms with Crippen LogP contribution in [0.5, 0.6) is 0 Å². The summed E-state index contributed by atoms with van der Waals surface area (Å²) >= 11 is 0. The largest absolute Gasteiger partial charge is 0.379 e. The fourth-order valence-corrected chi connectivity index (χ4v) is 2.64. The Morgan fingerprint density at radius 1 is 0.472 bits per heavy atom. The average molecular weight is 521 g/mol. The molecule has 8 heteroatoms. The minimum atomic E-state index is 0. The SMILES string of the molecule is C.CCCCCOCCOCCOCCCCC(=O)CCC(C)=O.CCCCOCCOCC(C)=O. The van der Waals surface area contributed by atoms with E-state index in [2.05, 4.69) is 13.8 Å². The van der Waals surface area contributed by atoms with Crippen molar-refractivity contribution in [2.24, 2.45) is 0 Å². The van der Waals surface area contributed by atoms with E-state index in [-0.39, 0.29) is 31.4 Å². The molecule has 0 aliphatic rings. The summed E-state index contributed by atoms with van der Waals surface area (Å²) < 4.78 is 26.5. The molecule has 0 saturated carbocycles. The molecular formula is C28H56O8. The molecule has 0 aromatic rings. The molecule has 0 radical (unpaired) electrons. The second-order valence-corrected chi connectivity index (χ2v) is 8.46. The van der Waals surface area contributed by atoms with Crippen LogP contribution in [0.1, 0.15) is 99.3 Å². The van der Waals surface area contributed by atoms with Crippen LogP contribution in [0.2, 0.25) is 0 Å². The topological polar surface area (TPSA) is 97.4 Å². The molecule has 0 fully saturated rings. The van der Waals surface area contributed by atoms with Crippen molar-refractivity contribution < 1.29 is 38.1 Å².